The van der Waals surface area contributed by atoms with Crippen molar-refractivity contribution in [3.63, 3.8) is 0 Å². The van der Waals surface area contributed by atoms with E-state index in [4.69, 9.17) is 0 Å². The molecule has 0 aromatic heterocycles. The normalized spacial score (nSPS) is 19.4. The van der Waals surface area contributed by atoms with Crippen LogP contribution in [0.4, 0.5) is 0 Å². The van der Waals surface area contributed by atoms with Gasteiger partial charge in [0, 0.05) is 13.1 Å². The zero-order chi connectivity index (χ0) is 18.8. The molecule has 1 heterocycles. The summed E-state index contributed by atoms with van der Waals surface area (Å²) in [6, 6.07) is 3.88. The molecule has 1 aromatic rings. The molecule has 0 unspecified atom stereocenters. The van der Waals surface area contributed by atoms with Crippen molar-refractivity contribution in [3.8, 4) is 5.75 Å². The monoisotopic (exact) mass is 365 g/mol. The van der Waals surface area contributed by atoms with Crippen LogP contribution in [0.2, 0.25) is 0 Å². The average molecular weight is 366 g/mol. The van der Waals surface area contributed by atoms with E-state index in [0.717, 1.165) is 29.5 Å². The number of hydrogen-bond donors (Lipinski definition) is 1. The molecule has 5 heteroatoms. The average Bonchev–Trinajstić information content (AvgIpc) is 2.77. The fraction of sp³-hybridized carbons (Fsp3) is 0.600. The Balaban J connectivity index is 2.48. The highest BCUT2D eigenvalue weighted by atomic mass is 32.2. The van der Waals surface area contributed by atoms with Crippen molar-refractivity contribution < 1.29 is 13.5 Å². The van der Waals surface area contributed by atoms with Crippen LogP contribution in [-0.4, -0.2) is 30.9 Å². The number of nitrogens with zero attached hydrogens (tertiary/aromatic N) is 1. The van der Waals surface area contributed by atoms with E-state index in [1.54, 1.807) is 6.08 Å². The van der Waals surface area contributed by atoms with E-state index < -0.39 is 10.0 Å². The number of rotatable bonds is 6. The Kier molecular flexibility index (Phi) is 6.33. The molecule has 0 spiro atoms. The third-order valence-electron chi connectivity index (χ3n) is 4.51. The van der Waals surface area contributed by atoms with Gasteiger partial charge in [-0.05, 0) is 66.0 Å². The molecular formula is C20H31NO3S. The summed E-state index contributed by atoms with van der Waals surface area (Å²) in [5, 5.41) is 10.6. The summed E-state index contributed by atoms with van der Waals surface area (Å²) in [4.78, 5) is 0.478. The van der Waals surface area contributed by atoms with Crippen LogP contribution >= 0.6 is 0 Å². The summed E-state index contributed by atoms with van der Waals surface area (Å²) in [6.07, 6.45) is 3.90. The second kappa shape index (κ2) is 7.92. The van der Waals surface area contributed by atoms with E-state index >= 15 is 0 Å². The Bertz CT molecular complexity index is 717. The Labute approximate surface area is 152 Å². The van der Waals surface area contributed by atoms with Crippen molar-refractivity contribution in [3.05, 3.63) is 33.7 Å². The van der Waals surface area contributed by atoms with Gasteiger partial charge in [0.25, 0.3) is 0 Å². The number of phenols is 1. The number of sulfonamides is 1. The maximum absolute atomic E-state index is 12.5. The maximum atomic E-state index is 12.5. The Morgan fingerprint density at radius 1 is 1.12 bits per heavy atom. The summed E-state index contributed by atoms with van der Waals surface area (Å²) in [7, 11) is -3.33. The Hall–Kier alpha value is -1.33. The van der Waals surface area contributed by atoms with Gasteiger partial charge in [0.15, 0.2) is 0 Å². The van der Waals surface area contributed by atoms with Crippen molar-refractivity contribution in [1.82, 2.24) is 4.31 Å². The second-order valence-electron chi connectivity index (χ2n) is 7.74. The van der Waals surface area contributed by atoms with Crippen molar-refractivity contribution in [2.75, 3.05) is 13.1 Å². The largest absolute Gasteiger partial charge is 0.507 e. The lowest BCUT2D eigenvalue weighted by Gasteiger charge is -2.15. The minimum Gasteiger partial charge on any atom is -0.507 e. The molecule has 0 amide bonds. The highest BCUT2D eigenvalue weighted by Gasteiger charge is 2.32. The SMILES string of the molecule is CCN1CC/C(=C\c2cc(CC(C)C)c(O)c(CC(C)C)c2)S1(=O)=O. The van der Waals surface area contributed by atoms with E-state index in [1.807, 2.05) is 19.1 Å². The number of phenolic OH excluding ortho intramolecular Hbond substituents is 1. The van der Waals surface area contributed by atoms with Gasteiger partial charge in [-0.3, -0.25) is 0 Å². The lowest BCUT2D eigenvalue weighted by atomic mass is 9.93. The molecule has 25 heavy (non-hydrogen) atoms. The zero-order valence-corrected chi connectivity index (χ0v) is 16.9. The third kappa shape index (κ3) is 4.64. The fourth-order valence-electron chi connectivity index (χ4n) is 3.37. The minimum atomic E-state index is -3.33. The first-order valence-corrected chi connectivity index (χ1v) is 10.6. The lowest BCUT2D eigenvalue weighted by molar-refractivity contribution is 0.450. The van der Waals surface area contributed by atoms with Crippen molar-refractivity contribution >= 4 is 16.1 Å². The van der Waals surface area contributed by atoms with Crippen LogP contribution in [0.25, 0.3) is 6.08 Å². The predicted molar refractivity (Wildman–Crippen MR) is 104 cm³/mol. The van der Waals surface area contributed by atoms with Gasteiger partial charge in [-0.2, -0.15) is 4.31 Å². The molecule has 0 atom stereocenters. The first-order chi connectivity index (χ1) is 11.6. The quantitative estimate of drug-likeness (QED) is 0.822. The molecule has 0 saturated carbocycles. The van der Waals surface area contributed by atoms with Crippen molar-refractivity contribution in [2.45, 2.75) is 53.9 Å². The zero-order valence-electron chi connectivity index (χ0n) is 16.0. The molecule has 1 fully saturated rings. The molecule has 0 aliphatic carbocycles. The van der Waals surface area contributed by atoms with Crippen molar-refractivity contribution in [1.29, 1.82) is 0 Å². The molecular weight excluding hydrogens is 334 g/mol. The summed E-state index contributed by atoms with van der Waals surface area (Å²) >= 11 is 0. The summed E-state index contributed by atoms with van der Waals surface area (Å²) in [6.45, 7) is 11.4. The van der Waals surface area contributed by atoms with Gasteiger partial charge in [0.05, 0.1) is 4.91 Å². The Morgan fingerprint density at radius 3 is 2.04 bits per heavy atom. The van der Waals surface area contributed by atoms with Gasteiger partial charge in [-0.1, -0.05) is 34.6 Å². The van der Waals surface area contributed by atoms with Gasteiger partial charge in [0.2, 0.25) is 10.0 Å². The number of benzene rings is 1. The molecule has 1 aliphatic rings. The number of hydrogen-bond acceptors (Lipinski definition) is 3. The predicted octanol–water partition coefficient (Wildman–Crippen LogP) is 4.19. The molecule has 4 nitrogen and oxygen atoms in total. The van der Waals surface area contributed by atoms with Gasteiger partial charge in [0.1, 0.15) is 5.75 Å². The Morgan fingerprint density at radius 2 is 1.64 bits per heavy atom. The van der Waals surface area contributed by atoms with Crippen LogP contribution in [0.1, 0.15) is 57.7 Å². The second-order valence-corrected chi connectivity index (χ2v) is 9.73. The van der Waals surface area contributed by atoms with Crippen LogP contribution in [0.15, 0.2) is 17.0 Å². The number of aromatic hydroxyl groups is 1. The summed E-state index contributed by atoms with van der Waals surface area (Å²) in [5.74, 6) is 1.21. The van der Waals surface area contributed by atoms with E-state index in [1.165, 1.54) is 4.31 Å². The highest BCUT2D eigenvalue weighted by Crippen LogP contribution is 2.32. The summed E-state index contributed by atoms with van der Waals surface area (Å²) < 4.78 is 26.6. The first-order valence-electron chi connectivity index (χ1n) is 9.20. The maximum Gasteiger partial charge on any atom is 0.239 e. The lowest BCUT2D eigenvalue weighted by Crippen LogP contribution is -2.24. The molecule has 0 bridgehead atoms. The molecule has 0 radical (unpaired) electrons. The van der Waals surface area contributed by atoms with Gasteiger partial charge in [-0.25, -0.2) is 8.42 Å². The van der Waals surface area contributed by atoms with E-state index in [-0.39, 0.29) is 0 Å². The van der Waals surface area contributed by atoms with E-state index in [2.05, 4.69) is 27.7 Å². The first kappa shape index (κ1) is 20.0. The van der Waals surface area contributed by atoms with Crippen LogP contribution in [-0.2, 0) is 22.9 Å². The standard InChI is InChI=1S/C20H31NO3S/c1-6-21-8-7-19(25(21,23)24)13-16-11-17(9-14(2)3)20(22)18(12-16)10-15(4)5/h11-15,22H,6-10H2,1-5H3/b19-13+. The van der Waals surface area contributed by atoms with Gasteiger partial charge >= 0.3 is 0 Å². The topological polar surface area (TPSA) is 57.6 Å². The molecule has 140 valence electrons. The third-order valence-corrected chi connectivity index (χ3v) is 6.61. The van der Waals surface area contributed by atoms with Gasteiger partial charge < -0.3 is 5.11 Å². The molecule has 1 aliphatic heterocycles. The molecule has 1 aromatic carbocycles. The van der Waals surface area contributed by atoms with Crippen molar-refractivity contribution in [2.24, 2.45) is 11.8 Å². The fourth-order valence-corrected chi connectivity index (χ4v) is 5.01. The van der Waals surface area contributed by atoms with Crippen LogP contribution in [0, 0.1) is 11.8 Å². The highest BCUT2D eigenvalue weighted by molar-refractivity contribution is 7.93. The van der Waals surface area contributed by atoms with Gasteiger partial charge in [-0.15, -0.1) is 0 Å². The van der Waals surface area contributed by atoms with Crippen LogP contribution in [0.3, 0.4) is 0 Å². The van der Waals surface area contributed by atoms with E-state index in [9.17, 15) is 13.5 Å². The van der Waals surface area contributed by atoms with E-state index in [0.29, 0.717) is 42.0 Å². The molecule has 2 rings (SSSR count). The summed E-state index contributed by atoms with van der Waals surface area (Å²) in [5.41, 5.74) is 2.69. The molecule has 1 saturated heterocycles. The minimum absolute atomic E-state index is 0.369. The molecule has 1 N–H and O–H groups in total. The van der Waals surface area contributed by atoms with Crippen LogP contribution < -0.4 is 0 Å². The van der Waals surface area contributed by atoms with Crippen LogP contribution in [0.5, 0.6) is 5.75 Å². The smallest absolute Gasteiger partial charge is 0.239 e.